The summed E-state index contributed by atoms with van der Waals surface area (Å²) in [6, 6.07) is 6.32. The number of hydrogen-bond acceptors (Lipinski definition) is 5. The zero-order chi connectivity index (χ0) is 13.1. The zero-order valence-electron chi connectivity index (χ0n) is 9.80. The van der Waals surface area contributed by atoms with Crippen LogP contribution in [-0.2, 0) is 0 Å². The molecule has 1 aromatic carbocycles. The molecule has 18 heavy (non-hydrogen) atoms. The van der Waals surface area contributed by atoms with Gasteiger partial charge in [-0.05, 0) is 31.4 Å². The maximum absolute atomic E-state index is 10.9. The lowest BCUT2D eigenvalue weighted by Crippen LogP contribution is -2.35. The summed E-state index contributed by atoms with van der Waals surface area (Å²) in [7, 11) is 0. The molecule has 6 nitrogen and oxygen atoms in total. The number of nitrogens with one attached hydrogen (secondary N) is 1. The van der Waals surface area contributed by atoms with Gasteiger partial charge in [-0.15, -0.1) is 0 Å². The van der Waals surface area contributed by atoms with Crippen LogP contribution in [0.15, 0.2) is 18.2 Å². The zero-order valence-corrected chi connectivity index (χ0v) is 9.80. The number of nitriles is 1. The summed E-state index contributed by atoms with van der Waals surface area (Å²) in [5, 5.41) is 22.9. The summed E-state index contributed by atoms with van der Waals surface area (Å²) in [4.78, 5) is 10.5. The fraction of sp³-hybridized carbons (Fsp3) is 0.417. The Bertz CT molecular complexity index is 509. The van der Waals surface area contributed by atoms with E-state index in [0.29, 0.717) is 11.3 Å². The Morgan fingerprint density at radius 2 is 2.28 bits per heavy atom. The molecule has 1 fully saturated rings. The normalized spacial score (nSPS) is 22.4. The Morgan fingerprint density at radius 3 is 2.83 bits per heavy atom. The third-order valence-electron chi connectivity index (χ3n) is 3.23. The van der Waals surface area contributed by atoms with E-state index in [-0.39, 0.29) is 17.8 Å². The molecule has 1 saturated carbocycles. The molecule has 0 spiro atoms. The van der Waals surface area contributed by atoms with Crippen molar-refractivity contribution in [3.8, 4) is 6.07 Å². The molecule has 1 aliphatic carbocycles. The first-order chi connectivity index (χ1) is 8.61. The van der Waals surface area contributed by atoms with E-state index in [4.69, 9.17) is 11.0 Å². The number of anilines is 1. The van der Waals surface area contributed by atoms with Crippen LogP contribution in [0, 0.1) is 21.4 Å². The van der Waals surface area contributed by atoms with Crippen molar-refractivity contribution < 1.29 is 4.92 Å². The molecule has 0 saturated heterocycles. The molecule has 0 bridgehead atoms. The molecule has 6 heteroatoms. The van der Waals surface area contributed by atoms with Gasteiger partial charge >= 0.3 is 0 Å². The molecule has 1 aliphatic rings. The first-order valence-electron chi connectivity index (χ1n) is 5.82. The van der Waals surface area contributed by atoms with Gasteiger partial charge in [0.15, 0.2) is 0 Å². The van der Waals surface area contributed by atoms with Gasteiger partial charge in [-0.1, -0.05) is 0 Å². The topological polar surface area (TPSA) is 105 Å². The molecule has 2 atom stereocenters. The van der Waals surface area contributed by atoms with Crippen molar-refractivity contribution in [2.75, 3.05) is 5.32 Å². The molecular weight excluding hydrogens is 232 g/mol. The van der Waals surface area contributed by atoms with Crippen molar-refractivity contribution in [3.05, 3.63) is 33.9 Å². The second-order valence-corrected chi connectivity index (χ2v) is 4.45. The summed E-state index contributed by atoms with van der Waals surface area (Å²) < 4.78 is 0. The van der Waals surface area contributed by atoms with Crippen LogP contribution >= 0.6 is 0 Å². The fourth-order valence-electron chi connectivity index (χ4n) is 2.25. The molecular formula is C12H14N4O2. The number of hydrogen-bond donors (Lipinski definition) is 2. The molecule has 3 N–H and O–H groups in total. The van der Waals surface area contributed by atoms with Gasteiger partial charge in [-0.2, -0.15) is 5.26 Å². The molecule has 0 aliphatic heterocycles. The second kappa shape index (κ2) is 5.02. The summed E-state index contributed by atoms with van der Waals surface area (Å²) >= 11 is 0. The Morgan fingerprint density at radius 1 is 1.50 bits per heavy atom. The second-order valence-electron chi connectivity index (χ2n) is 4.45. The molecule has 1 aromatic rings. The first-order valence-corrected chi connectivity index (χ1v) is 5.82. The molecule has 0 radical (unpaired) electrons. The molecule has 0 heterocycles. The SMILES string of the molecule is N#Cc1ccc([N+](=O)[O-])c(NC2CCCC2N)c1. The van der Waals surface area contributed by atoms with E-state index in [9.17, 15) is 10.1 Å². The van der Waals surface area contributed by atoms with E-state index in [1.165, 1.54) is 18.2 Å². The van der Waals surface area contributed by atoms with Gasteiger partial charge in [0.2, 0.25) is 0 Å². The Balaban J connectivity index is 2.29. The van der Waals surface area contributed by atoms with Crippen LogP contribution in [0.5, 0.6) is 0 Å². The van der Waals surface area contributed by atoms with E-state index in [0.717, 1.165) is 19.3 Å². The number of nitro benzene ring substituents is 1. The lowest BCUT2D eigenvalue weighted by Gasteiger charge is -2.18. The largest absolute Gasteiger partial charge is 0.375 e. The van der Waals surface area contributed by atoms with Crippen molar-refractivity contribution in [2.45, 2.75) is 31.3 Å². The third kappa shape index (κ3) is 2.41. The van der Waals surface area contributed by atoms with Crippen molar-refractivity contribution >= 4 is 11.4 Å². The summed E-state index contributed by atoms with van der Waals surface area (Å²) in [6.07, 6.45) is 2.84. The molecule has 94 valence electrons. The fourth-order valence-corrected chi connectivity index (χ4v) is 2.25. The summed E-state index contributed by atoms with van der Waals surface area (Å²) in [5.41, 5.74) is 6.68. The van der Waals surface area contributed by atoms with Gasteiger partial charge in [0, 0.05) is 18.2 Å². The molecule has 2 unspecified atom stereocenters. The highest BCUT2D eigenvalue weighted by Crippen LogP contribution is 2.29. The van der Waals surface area contributed by atoms with Crippen molar-refractivity contribution in [1.29, 1.82) is 5.26 Å². The van der Waals surface area contributed by atoms with Gasteiger partial charge in [0.25, 0.3) is 5.69 Å². The van der Waals surface area contributed by atoms with Gasteiger partial charge < -0.3 is 11.1 Å². The van der Waals surface area contributed by atoms with Crippen LogP contribution in [0.3, 0.4) is 0 Å². The lowest BCUT2D eigenvalue weighted by molar-refractivity contribution is -0.384. The Hall–Kier alpha value is -2.13. The predicted molar refractivity (Wildman–Crippen MR) is 67.0 cm³/mol. The van der Waals surface area contributed by atoms with E-state index in [1.807, 2.05) is 6.07 Å². The third-order valence-corrected chi connectivity index (χ3v) is 3.23. The first kappa shape index (κ1) is 12.3. The van der Waals surface area contributed by atoms with Crippen molar-refractivity contribution in [1.82, 2.24) is 0 Å². The van der Waals surface area contributed by atoms with E-state index >= 15 is 0 Å². The number of nitrogens with two attached hydrogens (primary N) is 1. The molecule has 0 aromatic heterocycles. The monoisotopic (exact) mass is 246 g/mol. The van der Waals surface area contributed by atoms with Crippen LogP contribution < -0.4 is 11.1 Å². The van der Waals surface area contributed by atoms with Gasteiger partial charge in [-0.25, -0.2) is 0 Å². The average Bonchev–Trinajstić information content (AvgIpc) is 2.74. The lowest BCUT2D eigenvalue weighted by atomic mass is 10.1. The highest BCUT2D eigenvalue weighted by atomic mass is 16.6. The van der Waals surface area contributed by atoms with Crippen LogP contribution in [0.1, 0.15) is 24.8 Å². The summed E-state index contributed by atoms with van der Waals surface area (Å²) in [5.74, 6) is 0. The minimum Gasteiger partial charge on any atom is -0.375 e. The standard InChI is InChI=1S/C12H14N4O2/c13-7-8-4-5-12(16(17)18)11(6-8)15-10-3-1-2-9(10)14/h4-6,9-10,15H,1-3,14H2. The minimum atomic E-state index is -0.454. The van der Waals surface area contributed by atoms with E-state index < -0.39 is 4.92 Å². The Kier molecular flexibility index (Phi) is 3.44. The van der Waals surface area contributed by atoms with E-state index in [1.54, 1.807) is 0 Å². The minimum absolute atomic E-state index is 0.00958. The number of rotatable bonds is 3. The number of nitro groups is 1. The highest BCUT2D eigenvalue weighted by molar-refractivity contribution is 5.65. The average molecular weight is 246 g/mol. The Labute approximate surface area is 105 Å². The van der Waals surface area contributed by atoms with Gasteiger partial charge in [0.05, 0.1) is 16.6 Å². The van der Waals surface area contributed by atoms with Crippen LogP contribution in [0.4, 0.5) is 11.4 Å². The quantitative estimate of drug-likeness (QED) is 0.624. The maximum atomic E-state index is 10.9. The van der Waals surface area contributed by atoms with Gasteiger partial charge in [0.1, 0.15) is 5.69 Å². The van der Waals surface area contributed by atoms with Gasteiger partial charge in [-0.3, -0.25) is 10.1 Å². The van der Waals surface area contributed by atoms with Crippen molar-refractivity contribution in [2.24, 2.45) is 5.73 Å². The number of benzene rings is 1. The smallest absolute Gasteiger partial charge is 0.292 e. The van der Waals surface area contributed by atoms with Crippen LogP contribution in [0.2, 0.25) is 0 Å². The summed E-state index contributed by atoms with van der Waals surface area (Å²) in [6.45, 7) is 0. The van der Waals surface area contributed by atoms with Crippen molar-refractivity contribution in [3.63, 3.8) is 0 Å². The molecule has 2 rings (SSSR count). The molecule has 0 amide bonds. The van der Waals surface area contributed by atoms with Crippen LogP contribution in [0.25, 0.3) is 0 Å². The number of nitrogens with zero attached hydrogens (tertiary/aromatic N) is 2. The maximum Gasteiger partial charge on any atom is 0.292 e. The predicted octanol–water partition coefficient (Wildman–Crippen LogP) is 1.76. The highest BCUT2D eigenvalue weighted by Gasteiger charge is 2.26. The van der Waals surface area contributed by atoms with Crippen LogP contribution in [-0.4, -0.2) is 17.0 Å². The van der Waals surface area contributed by atoms with E-state index in [2.05, 4.69) is 5.32 Å².